The van der Waals surface area contributed by atoms with Gasteiger partial charge in [0.15, 0.2) is 0 Å². The number of nitrogens with zero attached hydrogens (tertiary/aromatic N) is 1. The maximum atomic E-state index is 8.64. The Kier molecular flexibility index (Phi) is 5.50. The number of benzene rings is 1. The topological polar surface area (TPSA) is 49.8 Å². The Labute approximate surface area is 91.7 Å². The van der Waals surface area contributed by atoms with Crippen molar-refractivity contribution >= 4 is 0 Å². The monoisotopic (exact) mass is 202 g/mol. The highest BCUT2D eigenvalue weighted by Crippen LogP contribution is 2.08. The molecule has 2 N–H and O–H groups in total. The van der Waals surface area contributed by atoms with Crippen molar-refractivity contribution in [1.82, 2.24) is 0 Å². The van der Waals surface area contributed by atoms with Crippen LogP contribution in [0.2, 0.25) is 0 Å². The second-order valence-electron chi connectivity index (χ2n) is 3.76. The molecule has 80 valence electrons. The Bertz CT molecular complexity index is 308. The van der Waals surface area contributed by atoms with Crippen LogP contribution >= 0.6 is 0 Å². The summed E-state index contributed by atoms with van der Waals surface area (Å²) in [7, 11) is 0. The van der Waals surface area contributed by atoms with Gasteiger partial charge in [-0.1, -0.05) is 25.0 Å². The molecule has 0 aliphatic carbocycles. The lowest BCUT2D eigenvalue weighted by Gasteiger charge is -2.01. The minimum Gasteiger partial charge on any atom is -0.330 e. The summed E-state index contributed by atoms with van der Waals surface area (Å²) in [6, 6.07) is 9.98. The zero-order valence-electron chi connectivity index (χ0n) is 9.08. The van der Waals surface area contributed by atoms with E-state index < -0.39 is 0 Å². The van der Waals surface area contributed by atoms with Crippen molar-refractivity contribution in [3.63, 3.8) is 0 Å². The van der Waals surface area contributed by atoms with E-state index in [0.717, 1.165) is 24.9 Å². The largest absolute Gasteiger partial charge is 0.330 e. The van der Waals surface area contributed by atoms with Crippen molar-refractivity contribution in [1.29, 1.82) is 5.26 Å². The second-order valence-corrected chi connectivity index (χ2v) is 3.76. The zero-order valence-corrected chi connectivity index (χ0v) is 9.08. The summed E-state index contributed by atoms with van der Waals surface area (Å²) >= 11 is 0. The van der Waals surface area contributed by atoms with E-state index in [1.54, 1.807) is 0 Å². The fraction of sp³-hybridized carbons (Fsp3) is 0.462. The van der Waals surface area contributed by atoms with E-state index >= 15 is 0 Å². The first-order valence-corrected chi connectivity index (χ1v) is 5.56. The molecule has 1 aromatic rings. The first-order chi connectivity index (χ1) is 7.36. The summed E-state index contributed by atoms with van der Waals surface area (Å²) in [5, 5.41) is 8.64. The molecule has 0 aliphatic rings. The number of unbranched alkanes of at least 4 members (excludes halogenated alkanes) is 3. The SMILES string of the molecule is N#Cc1ccc(CCCCCCN)cc1. The number of nitriles is 1. The smallest absolute Gasteiger partial charge is 0.0991 e. The highest BCUT2D eigenvalue weighted by atomic mass is 14.5. The normalized spacial score (nSPS) is 9.87. The standard InChI is InChI=1S/C13H18N2/c14-10-4-2-1-3-5-12-6-8-13(11-15)9-7-12/h6-9H,1-5,10,14H2. The summed E-state index contributed by atoms with van der Waals surface area (Å²) in [5.74, 6) is 0. The van der Waals surface area contributed by atoms with Crippen LogP contribution < -0.4 is 5.73 Å². The van der Waals surface area contributed by atoms with E-state index in [9.17, 15) is 0 Å². The molecular weight excluding hydrogens is 184 g/mol. The fourth-order valence-corrected chi connectivity index (χ4v) is 1.57. The van der Waals surface area contributed by atoms with Gasteiger partial charge in [0.25, 0.3) is 0 Å². The second kappa shape index (κ2) is 7.03. The van der Waals surface area contributed by atoms with Gasteiger partial charge in [0.1, 0.15) is 0 Å². The fourth-order valence-electron chi connectivity index (χ4n) is 1.57. The summed E-state index contributed by atoms with van der Waals surface area (Å²) in [6.07, 6.45) is 5.93. The first kappa shape index (κ1) is 11.7. The third-order valence-corrected chi connectivity index (χ3v) is 2.50. The third kappa shape index (κ3) is 4.62. The van der Waals surface area contributed by atoms with Crippen molar-refractivity contribution in [3.8, 4) is 6.07 Å². The van der Waals surface area contributed by atoms with Crippen molar-refractivity contribution < 1.29 is 0 Å². The minimum atomic E-state index is 0.738. The summed E-state index contributed by atoms with van der Waals surface area (Å²) in [5.41, 5.74) is 7.48. The summed E-state index contributed by atoms with van der Waals surface area (Å²) in [4.78, 5) is 0. The van der Waals surface area contributed by atoms with Gasteiger partial charge >= 0.3 is 0 Å². The number of hydrogen-bond donors (Lipinski definition) is 1. The molecule has 0 aromatic heterocycles. The number of aryl methyl sites for hydroxylation is 1. The lowest BCUT2D eigenvalue weighted by atomic mass is 10.0. The van der Waals surface area contributed by atoms with Gasteiger partial charge in [-0.3, -0.25) is 0 Å². The van der Waals surface area contributed by atoms with Crippen LogP contribution in [0.25, 0.3) is 0 Å². The molecule has 0 aliphatic heterocycles. The van der Waals surface area contributed by atoms with Gasteiger partial charge in [-0.2, -0.15) is 5.26 Å². The van der Waals surface area contributed by atoms with Gasteiger partial charge in [0.2, 0.25) is 0 Å². The molecule has 0 heterocycles. The third-order valence-electron chi connectivity index (χ3n) is 2.50. The summed E-state index contributed by atoms with van der Waals surface area (Å²) in [6.45, 7) is 0.802. The molecule has 15 heavy (non-hydrogen) atoms. The number of rotatable bonds is 6. The number of hydrogen-bond acceptors (Lipinski definition) is 2. The van der Waals surface area contributed by atoms with E-state index in [2.05, 4.69) is 6.07 Å². The van der Waals surface area contributed by atoms with Crippen LogP contribution in [0.15, 0.2) is 24.3 Å². The molecule has 0 bridgehead atoms. The predicted octanol–water partition coefficient (Wildman–Crippen LogP) is 2.62. The summed E-state index contributed by atoms with van der Waals surface area (Å²) < 4.78 is 0. The Morgan fingerprint density at radius 2 is 1.67 bits per heavy atom. The molecular formula is C13H18N2. The average molecular weight is 202 g/mol. The van der Waals surface area contributed by atoms with Gasteiger partial charge < -0.3 is 5.73 Å². The van der Waals surface area contributed by atoms with Gasteiger partial charge in [-0.25, -0.2) is 0 Å². The quantitative estimate of drug-likeness (QED) is 0.721. The molecule has 1 aromatic carbocycles. The minimum absolute atomic E-state index is 0.738. The zero-order chi connectivity index (χ0) is 10.9. The lowest BCUT2D eigenvalue weighted by Crippen LogP contribution is -1.97. The Morgan fingerprint density at radius 1 is 1.00 bits per heavy atom. The highest BCUT2D eigenvalue weighted by molar-refractivity contribution is 5.31. The van der Waals surface area contributed by atoms with E-state index in [4.69, 9.17) is 11.0 Å². The molecule has 0 radical (unpaired) electrons. The Morgan fingerprint density at radius 3 is 2.27 bits per heavy atom. The molecule has 0 saturated carbocycles. The molecule has 2 heteroatoms. The van der Waals surface area contributed by atoms with Crippen LogP contribution in [-0.4, -0.2) is 6.54 Å². The van der Waals surface area contributed by atoms with Crippen molar-refractivity contribution in [3.05, 3.63) is 35.4 Å². The number of nitrogens with two attached hydrogens (primary N) is 1. The molecule has 0 spiro atoms. The van der Waals surface area contributed by atoms with Crippen LogP contribution in [0, 0.1) is 11.3 Å². The Balaban J connectivity index is 2.23. The van der Waals surface area contributed by atoms with Crippen molar-refractivity contribution in [2.45, 2.75) is 32.1 Å². The lowest BCUT2D eigenvalue weighted by molar-refractivity contribution is 0.646. The van der Waals surface area contributed by atoms with E-state index in [0.29, 0.717) is 0 Å². The van der Waals surface area contributed by atoms with E-state index in [1.807, 2.05) is 24.3 Å². The predicted molar refractivity (Wildman–Crippen MR) is 62.4 cm³/mol. The van der Waals surface area contributed by atoms with Crippen molar-refractivity contribution in [2.75, 3.05) is 6.54 Å². The molecule has 0 unspecified atom stereocenters. The van der Waals surface area contributed by atoms with Gasteiger partial charge in [-0.05, 0) is 43.5 Å². The molecule has 0 saturated heterocycles. The molecule has 1 rings (SSSR count). The van der Waals surface area contributed by atoms with Crippen LogP contribution in [0.1, 0.15) is 36.8 Å². The van der Waals surface area contributed by atoms with E-state index in [-0.39, 0.29) is 0 Å². The maximum Gasteiger partial charge on any atom is 0.0991 e. The molecule has 0 amide bonds. The van der Waals surface area contributed by atoms with Gasteiger partial charge in [-0.15, -0.1) is 0 Å². The van der Waals surface area contributed by atoms with Gasteiger partial charge in [0, 0.05) is 0 Å². The van der Waals surface area contributed by atoms with Crippen molar-refractivity contribution in [2.24, 2.45) is 5.73 Å². The molecule has 2 nitrogen and oxygen atoms in total. The average Bonchev–Trinajstić information content (AvgIpc) is 2.30. The van der Waals surface area contributed by atoms with Crippen LogP contribution in [0.5, 0.6) is 0 Å². The van der Waals surface area contributed by atoms with E-state index in [1.165, 1.54) is 24.8 Å². The Hall–Kier alpha value is -1.33. The van der Waals surface area contributed by atoms with Gasteiger partial charge in [0.05, 0.1) is 11.6 Å². The van der Waals surface area contributed by atoms with Crippen LogP contribution in [0.4, 0.5) is 0 Å². The molecule has 0 fully saturated rings. The molecule has 0 atom stereocenters. The first-order valence-electron chi connectivity index (χ1n) is 5.56. The van der Waals surface area contributed by atoms with Crippen LogP contribution in [0.3, 0.4) is 0 Å². The highest BCUT2D eigenvalue weighted by Gasteiger charge is 1.94. The van der Waals surface area contributed by atoms with Crippen LogP contribution in [-0.2, 0) is 6.42 Å². The maximum absolute atomic E-state index is 8.64.